The van der Waals surface area contributed by atoms with Crippen LogP contribution in [0.5, 0.6) is 0 Å². The highest BCUT2D eigenvalue weighted by Gasteiger charge is 2.17. The van der Waals surface area contributed by atoms with Gasteiger partial charge in [0.15, 0.2) is 0 Å². The topological polar surface area (TPSA) is 56.8 Å². The molecule has 0 heterocycles. The standard InChI is InChI=1S/C8H18NO4PS2/c1-7(8(10)9-2)16-6-5-13-14(15,11-3)12-4/h7H,5-6H2,1-4H3,(H,9,10)/t7-/m0/s1. The molecule has 1 atom stereocenters. The number of hydrogen-bond acceptors (Lipinski definition) is 6. The zero-order valence-corrected chi connectivity index (χ0v) is 12.4. The smallest absolute Gasteiger partial charge is 0.326 e. The number of rotatable bonds is 8. The highest BCUT2D eigenvalue weighted by atomic mass is 32.5. The maximum Gasteiger partial charge on any atom is 0.326 e. The summed E-state index contributed by atoms with van der Waals surface area (Å²) in [6.07, 6.45) is 0. The molecule has 96 valence electrons. The Morgan fingerprint density at radius 1 is 1.50 bits per heavy atom. The van der Waals surface area contributed by atoms with Crippen molar-refractivity contribution in [2.45, 2.75) is 12.2 Å². The molecule has 0 saturated carbocycles. The van der Waals surface area contributed by atoms with Crippen molar-refractivity contribution in [1.29, 1.82) is 0 Å². The van der Waals surface area contributed by atoms with Crippen LogP contribution in [0.2, 0.25) is 0 Å². The lowest BCUT2D eigenvalue weighted by Crippen LogP contribution is -2.27. The fourth-order valence-electron chi connectivity index (χ4n) is 0.833. The number of thioether (sulfide) groups is 1. The summed E-state index contributed by atoms with van der Waals surface area (Å²) in [6, 6.07) is 0. The van der Waals surface area contributed by atoms with Crippen LogP contribution in [0, 0.1) is 0 Å². The van der Waals surface area contributed by atoms with Gasteiger partial charge in [-0.3, -0.25) is 4.79 Å². The quantitative estimate of drug-likeness (QED) is 0.538. The molecular formula is C8H18NO4PS2. The Labute approximate surface area is 106 Å². The van der Waals surface area contributed by atoms with Gasteiger partial charge < -0.3 is 18.9 Å². The SMILES string of the molecule is CNC(=O)[C@H](C)SCCOP(=S)(OC)OC. The molecule has 1 amide bonds. The van der Waals surface area contributed by atoms with Crippen molar-refractivity contribution in [3.8, 4) is 0 Å². The van der Waals surface area contributed by atoms with Gasteiger partial charge in [-0.25, -0.2) is 0 Å². The largest absolute Gasteiger partial charge is 0.358 e. The first-order valence-corrected chi connectivity index (χ1v) is 8.28. The minimum Gasteiger partial charge on any atom is -0.358 e. The van der Waals surface area contributed by atoms with Gasteiger partial charge >= 0.3 is 6.72 Å². The van der Waals surface area contributed by atoms with Gasteiger partial charge in [0, 0.05) is 27.0 Å². The van der Waals surface area contributed by atoms with E-state index >= 15 is 0 Å². The maximum absolute atomic E-state index is 11.2. The summed E-state index contributed by atoms with van der Waals surface area (Å²) < 4.78 is 15.2. The van der Waals surface area contributed by atoms with Crippen LogP contribution >= 0.6 is 18.5 Å². The molecule has 0 bridgehead atoms. The second-order valence-corrected chi connectivity index (χ2v) is 7.45. The van der Waals surface area contributed by atoms with Gasteiger partial charge in [0.2, 0.25) is 5.91 Å². The molecule has 0 radical (unpaired) electrons. The van der Waals surface area contributed by atoms with Crippen molar-refractivity contribution < 1.29 is 18.4 Å². The van der Waals surface area contributed by atoms with E-state index in [1.165, 1.54) is 26.0 Å². The van der Waals surface area contributed by atoms with Crippen molar-refractivity contribution in [2.75, 3.05) is 33.6 Å². The van der Waals surface area contributed by atoms with E-state index < -0.39 is 6.72 Å². The molecule has 0 aromatic heterocycles. The van der Waals surface area contributed by atoms with Gasteiger partial charge in [-0.1, -0.05) is 0 Å². The molecule has 0 spiro atoms. The summed E-state index contributed by atoms with van der Waals surface area (Å²) in [5.41, 5.74) is 0. The Kier molecular flexibility index (Phi) is 8.63. The highest BCUT2D eigenvalue weighted by molar-refractivity contribution is 8.07. The van der Waals surface area contributed by atoms with Gasteiger partial charge in [-0.15, -0.1) is 11.8 Å². The minimum absolute atomic E-state index is 0.00270. The van der Waals surface area contributed by atoms with Gasteiger partial charge in [-0.05, 0) is 18.7 Å². The first kappa shape index (κ1) is 16.4. The minimum atomic E-state index is -2.55. The van der Waals surface area contributed by atoms with Crippen LogP contribution in [-0.4, -0.2) is 44.8 Å². The first-order chi connectivity index (χ1) is 7.49. The monoisotopic (exact) mass is 287 g/mol. The normalized spacial score (nSPS) is 13.5. The molecule has 0 aliphatic carbocycles. The number of nitrogens with one attached hydrogen (secondary N) is 1. The molecule has 0 aliphatic rings. The Balaban J connectivity index is 3.76. The van der Waals surface area contributed by atoms with Crippen LogP contribution in [-0.2, 0) is 30.2 Å². The average molecular weight is 287 g/mol. The van der Waals surface area contributed by atoms with E-state index in [2.05, 4.69) is 5.32 Å². The molecule has 16 heavy (non-hydrogen) atoms. The molecule has 0 aromatic rings. The molecule has 0 aromatic carbocycles. The van der Waals surface area contributed by atoms with Crippen molar-refractivity contribution in [3.05, 3.63) is 0 Å². The lowest BCUT2D eigenvalue weighted by atomic mass is 10.4. The fourth-order valence-corrected chi connectivity index (χ4v) is 2.66. The van der Waals surface area contributed by atoms with E-state index in [1.54, 1.807) is 7.05 Å². The molecule has 8 heteroatoms. The molecule has 0 rings (SSSR count). The van der Waals surface area contributed by atoms with Crippen LogP contribution in [0.25, 0.3) is 0 Å². The third-order valence-corrected chi connectivity index (χ3v) is 5.48. The van der Waals surface area contributed by atoms with Crippen molar-refractivity contribution in [3.63, 3.8) is 0 Å². The van der Waals surface area contributed by atoms with Crippen LogP contribution < -0.4 is 5.32 Å². The summed E-state index contributed by atoms with van der Waals surface area (Å²) in [6.45, 7) is -0.305. The van der Waals surface area contributed by atoms with E-state index in [9.17, 15) is 4.79 Å². The number of hydrogen-bond donors (Lipinski definition) is 1. The summed E-state index contributed by atoms with van der Waals surface area (Å²) in [5, 5.41) is 2.48. The zero-order chi connectivity index (χ0) is 12.6. The van der Waals surface area contributed by atoms with E-state index in [0.717, 1.165) is 0 Å². The maximum atomic E-state index is 11.2. The van der Waals surface area contributed by atoms with Gasteiger partial charge in [-0.2, -0.15) is 0 Å². The molecule has 0 fully saturated rings. The zero-order valence-electron chi connectivity index (χ0n) is 9.89. The second kappa shape index (κ2) is 8.44. The van der Waals surface area contributed by atoms with Crippen molar-refractivity contribution in [2.24, 2.45) is 0 Å². The predicted octanol–water partition coefficient (Wildman–Crippen LogP) is 1.39. The summed E-state index contributed by atoms with van der Waals surface area (Å²) in [7, 11) is 4.54. The highest BCUT2D eigenvalue weighted by Crippen LogP contribution is 2.47. The Bertz CT molecular complexity index is 256. The van der Waals surface area contributed by atoms with Crippen molar-refractivity contribution in [1.82, 2.24) is 5.32 Å². The summed E-state index contributed by atoms with van der Waals surface area (Å²) in [5.74, 6) is 0.669. The first-order valence-electron chi connectivity index (χ1n) is 4.68. The van der Waals surface area contributed by atoms with Crippen molar-refractivity contribution >= 4 is 36.2 Å². The van der Waals surface area contributed by atoms with E-state index in [-0.39, 0.29) is 11.2 Å². The van der Waals surface area contributed by atoms with Gasteiger partial charge in [0.25, 0.3) is 0 Å². The molecule has 5 nitrogen and oxygen atoms in total. The number of amides is 1. The Morgan fingerprint density at radius 2 is 2.06 bits per heavy atom. The van der Waals surface area contributed by atoms with Crippen LogP contribution in [0.4, 0.5) is 0 Å². The van der Waals surface area contributed by atoms with Gasteiger partial charge in [0.05, 0.1) is 11.9 Å². The van der Waals surface area contributed by atoms with Crippen LogP contribution in [0.1, 0.15) is 6.92 Å². The van der Waals surface area contributed by atoms with E-state index in [1.807, 2.05) is 6.92 Å². The molecule has 1 N–H and O–H groups in total. The van der Waals surface area contributed by atoms with Gasteiger partial charge in [0.1, 0.15) is 0 Å². The molecule has 0 unspecified atom stereocenters. The third-order valence-electron chi connectivity index (χ3n) is 1.76. The predicted molar refractivity (Wildman–Crippen MR) is 70.2 cm³/mol. The van der Waals surface area contributed by atoms with E-state index in [0.29, 0.717) is 12.4 Å². The fraction of sp³-hybridized carbons (Fsp3) is 0.875. The summed E-state index contributed by atoms with van der Waals surface area (Å²) in [4.78, 5) is 11.2. The average Bonchev–Trinajstić information content (AvgIpc) is 2.32. The van der Waals surface area contributed by atoms with Crippen LogP contribution in [0.15, 0.2) is 0 Å². The lowest BCUT2D eigenvalue weighted by Gasteiger charge is -2.17. The lowest BCUT2D eigenvalue weighted by molar-refractivity contribution is -0.119. The molecular weight excluding hydrogens is 269 g/mol. The second-order valence-electron chi connectivity index (χ2n) is 2.77. The summed E-state index contributed by atoms with van der Waals surface area (Å²) >= 11 is 6.51. The Morgan fingerprint density at radius 3 is 2.50 bits per heavy atom. The Hall–Kier alpha value is 0.350. The number of carbonyl (C=O) groups is 1. The number of carbonyl (C=O) groups excluding carboxylic acids is 1. The van der Waals surface area contributed by atoms with E-state index in [4.69, 9.17) is 25.4 Å². The molecule has 0 aliphatic heterocycles. The molecule has 0 saturated heterocycles. The van der Waals surface area contributed by atoms with Crippen LogP contribution in [0.3, 0.4) is 0 Å². The third kappa shape index (κ3) is 6.18.